The number of nitrogens with one attached hydrogen (secondary N) is 2. The summed E-state index contributed by atoms with van der Waals surface area (Å²) in [7, 11) is 0. The zero-order chi connectivity index (χ0) is 17.7. The summed E-state index contributed by atoms with van der Waals surface area (Å²) in [4.78, 5) is 24.2. The lowest BCUT2D eigenvalue weighted by molar-refractivity contribution is -0.129. The van der Waals surface area contributed by atoms with Crippen molar-refractivity contribution in [1.29, 1.82) is 0 Å². The maximum atomic E-state index is 12.3. The summed E-state index contributed by atoms with van der Waals surface area (Å²) >= 11 is 0. The fraction of sp³-hybridized carbons (Fsp3) is 0.333. The van der Waals surface area contributed by atoms with Crippen LogP contribution in [0.25, 0.3) is 0 Å². The first-order chi connectivity index (χ1) is 12.1. The van der Waals surface area contributed by atoms with Gasteiger partial charge in [-0.3, -0.25) is 9.59 Å². The Hall–Kier alpha value is -2.35. The van der Waals surface area contributed by atoms with Crippen LogP contribution in [-0.2, 0) is 16.1 Å². The van der Waals surface area contributed by atoms with Crippen molar-refractivity contribution in [2.75, 3.05) is 18.5 Å². The Morgan fingerprint density at radius 2 is 1.81 bits per heavy atom. The van der Waals surface area contributed by atoms with Crippen molar-refractivity contribution in [3.63, 3.8) is 0 Å². The van der Waals surface area contributed by atoms with Crippen LogP contribution < -0.4 is 16.4 Å². The monoisotopic (exact) mass is 379 g/mol. The molecule has 3 rings (SSSR count). The van der Waals surface area contributed by atoms with Crippen molar-refractivity contribution < 1.29 is 18.7 Å². The molecule has 1 aliphatic heterocycles. The third-order valence-electron chi connectivity index (χ3n) is 4.25. The summed E-state index contributed by atoms with van der Waals surface area (Å²) in [6.07, 6.45) is 2.50. The summed E-state index contributed by atoms with van der Waals surface area (Å²) in [6.45, 7) is 1.40. The summed E-state index contributed by atoms with van der Waals surface area (Å²) in [5.41, 5.74) is 6.86. The first kappa shape index (κ1) is 20.0. The van der Waals surface area contributed by atoms with Gasteiger partial charge in [-0.15, -0.1) is 12.4 Å². The molecule has 140 valence electrons. The van der Waals surface area contributed by atoms with Gasteiger partial charge in [0.05, 0.1) is 11.8 Å². The van der Waals surface area contributed by atoms with Crippen molar-refractivity contribution in [2.45, 2.75) is 24.9 Å². The highest BCUT2D eigenvalue weighted by molar-refractivity contribution is 6.02. The molecule has 0 radical (unpaired) electrons. The zero-order valence-corrected chi connectivity index (χ0v) is 15.0. The van der Waals surface area contributed by atoms with Gasteiger partial charge in [0.15, 0.2) is 5.76 Å². The Kier molecular flexibility index (Phi) is 6.79. The Morgan fingerprint density at radius 3 is 2.42 bits per heavy atom. The van der Waals surface area contributed by atoms with E-state index in [9.17, 15) is 9.59 Å². The number of carbonyl (C=O) groups excluding carboxylic acids is 2. The number of carbonyl (C=O) groups is 2. The molecule has 7 nitrogen and oxygen atoms in total. The van der Waals surface area contributed by atoms with Crippen molar-refractivity contribution in [3.05, 3.63) is 54.0 Å². The summed E-state index contributed by atoms with van der Waals surface area (Å²) in [5.74, 6) is -0.220. The molecule has 2 heterocycles. The smallest absolute Gasteiger partial charge is 0.291 e. The van der Waals surface area contributed by atoms with E-state index < -0.39 is 5.54 Å². The number of hydrogen-bond acceptors (Lipinski definition) is 5. The van der Waals surface area contributed by atoms with Gasteiger partial charge in [0.25, 0.3) is 5.91 Å². The molecule has 0 atom stereocenters. The predicted molar refractivity (Wildman–Crippen MR) is 99.2 cm³/mol. The third-order valence-corrected chi connectivity index (χ3v) is 4.25. The molecule has 0 aliphatic carbocycles. The molecule has 0 spiro atoms. The second kappa shape index (κ2) is 8.84. The second-order valence-corrected chi connectivity index (χ2v) is 6.08. The Balaban J connectivity index is 0.00000243. The van der Waals surface area contributed by atoms with Gasteiger partial charge in [0.1, 0.15) is 0 Å². The Morgan fingerprint density at radius 1 is 1.12 bits per heavy atom. The van der Waals surface area contributed by atoms with Gasteiger partial charge in [-0.25, -0.2) is 0 Å². The fourth-order valence-corrected chi connectivity index (χ4v) is 2.63. The van der Waals surface area contributed by atoms with Crippen LogP contribution in [0.2, 0.25) is 0 Å². The Labute approximate surface area is 157 Å². The van der Waals surface area contributed by atoms with Crippen LogP contribution in [0.15, 0.2) is 47.1 Å². The lowest BCUT2D eigenvalue weighted by Gasteiger charge is -2.31. The number of halogens is 1. The molecule has 1 fully saturated rings. The van der Waals surface area contributed by atoms with Crippen LogP contribution in [0, 0.1) is 0 Å². The van der Waals surface area contributed by atoms with Crippen LogP contribution in [0.1, 0.15) is 29.0 Å². The van der Waals surface area contributed by atoms with E-state index in [1.807, 2.05) is 12.1 Å². The van der Waals surface area contributed by atoms with Crippen molar-refractivity contribution in [1.82, 2.24) is 5.32 Å². The summed E-state index contributed by atoms with van der Waals surface area (Å²) in [5, 5.41) is 5.61. The van der Waals surface area contributed by atoms with E-state index in [1.54, 1.807) is 24.3 Å². The SMILES string of the molecule is Cl.NC1(C(=O)NCc2ccc(NC(=O)c3ccco3)cc2)CCOCC1. The van der Waals surface area contributed by atoms with E-state index in [0.29, 0.717) is 38.3 Å². The van der Waals surface area contributed by atoms with E-state index in [4.69, 9.17) is 14.9 Å². The number of hydrogen-bond donors (Lipinski definition) is 3. The maximum Gasteiger partial charge on any atom is 0.291 e. The van der Waals surface area contributed by atoms with Crippen LogP contribution in [0.4, 0.5) is 5.69 Å². The molecule has 2 aromatic rings. The van der Waals surface area contributed by atoms with Gasteiger partial charge in [0.2, 0.25) is 5.91 Å². The van der Waals surface area contributed by atoms with Crippen LogP contribution in [0.5, 0.6) is 0 Å². The summed E-state index contributed by atoms with van der Waals surface area (Å²) < 4.78 is 10.3. The topological polar surface area (TPSA) is 107 Å². The minimum absolute atomic E-state index is 0. The zero-order valence-electron chi connectivity index (χ0n) is 14.2. The second-order valence-electron chi connectivity index (χ2n) is 6.08. The summed E-state index contributed by atoms with van der Waals surface area (Å²) in [6, 6.07) is 10.5. The maximum absolute atomic E-state index is 12.3. The average Bonchev–Trinajstić information content (AvgIpc) is 3.16. The van der Waals surface area contributed by atoms with Gasteiger partial charge >= 0.3 is 0 Å². The first-order valence-electron chi connectivity index (χ1n) is 8.16. The normalized spacial score (nSPS) is 15.6. The molecule has 1 aromatic heterocycles. The minimum atomic E-state index is -0.852. The molecule has 4 N–H and O–H groups in total. The highest BCUT2D eigenvalue weighted by Gasteiger charge is 2.35. The Bertz CT molecular complexity index is 725. The van der Waals surface area contributed by atoms with Gasteiger partial charge in [0, 0.05) is 25.4 Å². The quantitative estimate of drug-likeness (QED) is 0.737. The number of benzene rings is 1. The van der Waals surface area contributed by atoms with E-state index >= 15 is 0 Å². The van der Waals surface area contributed by atoms with E-state index in [2.05, 4.69) is 10.6 Å². The van der Waals surface area contributed by atoms with Crippen molar-refractivity contribution in [3.8, 4) is 0 Å². The molecule has 1 aliphatic rings. The van der Waals surface area contributed by atoms with Gasteiger partial charge < -0.3 is 25.5 Å². The first-order valence-corrected chi connectivity index (χ1v) is 8.16. The lowest BCUT2D eigenvalue weighted by atomic mass is 9.90. The van der Waals surface area contributed by atoms with Crippen molar-refractivity contribution in [2.24, 2.45) is 5.73 Å². The number of nitrogens with two attached hydrogens (primary N) is 1. The molecule has 8 heteroatoms. The molecule has 1 saturated heterocycles. The number of rotatable bonds is 5. The number of amides is 2. The molecule has 0 unspecified atom stereocenters. The highest BCUT2D eigenvalue weighted by atomic mass is 35.5. The molecular weight excluding hydrogens is 358 g/mol. The number of ether oxygens (including phenoxy) is 1. The van der Waals surface area contributed by atoms with Gasteiger partial charge in [-0.1, -0.05) is 12.1 Å². The van der Waals surface area contributed by atoms with Crippen LogP contribution in [0.3, 0.4) is 0 Å². The largest absolute Gasteiger partial charge is 0.459 e. The predicted octanol–water partition coefficient (Wildman–Crippen LogP) is 2.08. The third kappa shape index (κ3) is 4.85. The van der Waals surface area contributed by atoms with E-state index in [-0.39, 0.29) is 30.0 Å². The number of anilines is 1. The molecular formula is C18H22ClN3O4. The molecule has 0 saturated carbocycles. The lowest BCUT2D eigenvalue weighted by Crippen LogP contribution is -2.56. The van der Waals surface area contributed by atoms with Crippen LogP contribution >= 0.6 is 12.4 Å². The number of furan rings is 1. The molecule has 26 heavy (non-hydrogen) atoms. The molecule has 2 amide bonds. The van der Waals surface area contributed by atoms with Gasteiger partial charge in [-0.05, 0) is 42.7 Å². The molecule has 1 aromatic carbocycles. The van der Waals surface area contributed by atoms with E-state index in [0.717, 1.165) is 5.56 Å². The minimum Gasteiger partial charge on any atom is -0.459 e. The fourth-order valence-electron chi connectivity index (χ4n) is 2.63. The van der Waals surface area contributed by atoms with Gasteiger partial charge in [-0.2, -0.15) is 0 Å². The highest BCUT2D eigenvalue weighted by Crippen LogP contribution is 2.18. The van der Waals surface area contributed by atoms with E-state index in [1.165, 1.54) is 6.26 Å². The van der Waals surface area contributed by atoms with Crippen molar-refractivity contribution >= 4 is 29.9 Å². The standard InChI is InChI=1S/C18H21N3O4.ClH/c19-18(7-10-24-11-8-18)17(23)20-12-13-3-5-14(6-4-13)21-16(22)15-2-1-9-25-15;/h1-6,9H,7-8,10-12,19H2,(H,20,23)(H,21,22);1H. The molecule has 0 bridgehead atoms. The average molecular weight is 380 g/mol. The van der Waals surface area contributed by atoms with Crippen LogP contribution in [-0.4, -0.2) is 30.6 Å².